The summed E-state index contributed by atoms with van der Waals surface area (Å²) in [7, 11) is 0. The maximum atomic E-state index is 14.7. The zero-order valence-electron chi connectivity index (χ0n) is 16.4. The lowest BCUT2D eigenvalue weighted by Crippen LogP contribution is -2.47. The van der Waals surface area contributed by atoms with Crippen LogP contribution in [-0.4, -0.2) is 29.0 Å². The van der Waals surface area contributed by atoms with Crippen molar-refractivity contribution < 1.29 is 14.6 Å². The molecule has 3 nitrogen and oxygen atoms in total. The van der Waals surface area contributed by atoms with Gasteiger partial charge >= 0.3 is 0 Å². The van der Waals surface area contributed by atoms with E-state index in [2.05, 4.69) is 6.07 Å². The number of benzene rings is 3. The van der Waals surface area contributed by atoms with Gasteiger partial charge in [0.25, 0.3) is 0 Å². The van der Waals surface area contributed by atoms with Crippen molar-refractivity contribution in [3.63, 3.8) is 0 Å². The van der Waals surface area contributed by atoms with Gasteiger partial charge in [-0.3, -0.25) is 0 Å². The summed E-state index contributed by atoms with van der Waals surface area (Å²) < 4.78 is 14.7. The molecule has 0 heterocycles. The molecule has 3 aromatic rings. The van der Waals surface area contributed by atoms with Crippen LogP contribution in [0.25, 0.3) is 11.1 Å². The molecule has 0 saturated heterocycles. The molecule has 5 heteroatoms. The second-order valence-corrected chi connectivity index (χ2v) is 8.58. The summed E-state index contributed by atoms with van der Waals surface area (Å²) in [6.45, 7) is 1.51. The Morgan fingerprint density at radius 1 is 0.931 bits per heavy atom. The molecule has 0 atom stereocenters. The predicted molar refractivity (Wildman–Crippen MR) is 117 cm³/mol. The third kappa shape index (κ3) is 5.67. The third-order valence-electron chi connectivity index (χ3n) is 4.97. The highest BCUT2D eigenvalue weighted by atomic mass is 32.2. The maximum absolute atomic E-state index is 14.7. The summed E-state index contributed by atoms with van der Waals surface area (Å²) in [6.07, 6.45) is 1.10. The van der Waals surface area contributed by atoms with Gasteiger partial charge in [-0.1, -0.05) is 59.8 Å². The predicted octanol–water partition coefficient (Wildman–Crippen LogP) is 4.57. The minimum absolute atomic E-state index is 0.253. The van der Waals surface area contributed by atoms with E-state index >= 15 is 0 Å². The molecular weight excluding hydrogens is 385 g/mol. The summed E-state index contributed by atoms with van der Waals surface area (Å²) >= 11 is 1.54. The van der Waals surface area contributed by atoms with Crippen LogP contribution >= 0.6 is 11.8 Å². The van der Waals surface area contributed by atoms with Crippen molar-refractivity contribution in [2.75, 3.05) is 13.2 Å². The lowest BCUT2D eigenvalue weighted by atomic mass is 9.93. The lowest BCUT2D eigenvalue weighted by molar-refractivity contribution is 0.115. The highest BCUT2D eigenvalue weighted by Gasteiger charge is 2.22. The number of rotatable bonds is 8. The first-order chi connectivity index (χ1) is 13.9. The van der Waals surface area contributed by atoms with Gasteiger partial charge in [-0.2, -0.15) is 0 Å². The molecule has 0 aliphatic rings. The van der Waals surface area contributed by atoms with Crippen LogP contribution in [0.2, 0.25) is 0 Å². The topological polar surface area (TPSA) is 66.5 Å². The van der Waals surface area contributed by atoms with Crippen LogP contribution in [0.4, 0.5) is 4.39 Å². The highest BCUT2D eigenvalue weighted by molar-refractivity contribution is 7.99. The van der Waals surface area contributed by atoms with Gasteiger partial charge in [-0.25, -0.2) is 4.39 Å². The molecule has 0 amide bonds. The van der Waals surface area contributed by atoms with Crippen LogP contribution in [-0.2, 0) is 6.42 Å². The van der Waals surface area contributed by atoms with Crippen molar-refractivity contribution in [2.24, 2.45) is 5.73 Å². The van der Waals surface area contributed by atoms with Crippen LogP contribution in [0.3, 0.4) is 0 Å². The molecule has 29 heavy (non-hydrogen) atoms. The van der Waals surface area contributed by atoms with Crippen LogP contribution in [0.15, 0.2) is 76.5 Å². The molecule has 0 bridgehead atoms. The van der Waals surface area contributed by atoms with Crippen LogP contribution in [0.5, 0.6) is 0 Å². The van der Waals surface area contributed by atoms with Gasteiger partial charge in [0.15, 0.2) is 0 Å². The fourth-order valence-corrected chi connectivity index (χ4v) is 4.02. The zero-order valence-corrected chi connectivity index (χ0v) is 17.3. The largest absolute Gasteiger partial charge is 0.394 e. The summed E-state index contributed by atoms with van der Waals surface area (Å²) in [5.41, 5.74) is 8.50. The van der Waals surface area contributed by atoms with Gasteiger partial charge in [0.05, 0.1) is 18.8 Å². The number of halogens is 1. The molecule has 0 fully saturated rings. The monoisotopic (exact) mass is 411 g/mol. The number of aliphatic hydroxyl groups excluding tert-OH is 2. The molecule has 0 spiro atoms. The van der Waals surface area contributed by atoms with Gasteiger partial charge in [-0.15, -0.1) is 0 Å². The Kier molecular flexibility index (Phi) is 7.09. The molecule has 0 aliphatic heterocycles. The van der Waals surface area contributed by atoms with E-state index in [0.29, 0.717) is 18.4 Å². The minimum Gasteiger partial charge on any atom is -0.394 e. The minimum atomic E-state index is -0.977. The molecule has 4 N–H and O–H groups in total. The number of aryl methyl sites for hydroxylation is 2. The molecular formula is C24H26FNO2S. The molecule has 3 rings (SSSR count). The number of hydrogen-bond donors (Lipinski definition) is 3. The second-order valence-electron chi connectivity index (χ2n) is 7.44. The summed E-state index contributed by atoms with van der Waals surface area (Å²) in [4.78, 5) is 1.95. The van der Waals surface area contributed by atoms with E-state index in [1.165, 1.54) is 5.56 Å². The fraction of sp³-hybridized carbons (Fsp3) is 0.250. The van der Waals surface area contributed by atoms with Crippen molar-refractivity contribution >= 4 is 11.8 Å². The van der Waals surface area contributed by atoms with E-state index in [0.717, 1.165) is 20.9 Å². The molecule has 152 valence electrons. The van der Waals surface area contributed by atoms with E-state index < -0.39 is 5.54 Å². The number of hydrogen-bond acceptors (Lipinski definition) is 4. The Balaban J connectivity index is 1.70. The normalized spacial score (nSPS) is 11.6. The molecule has 0 aliphatic carbocycles. The summed E-state index contributed by atoms with van der Waals surface area (Å²) in [6, 6.07) is 21.1. The van der Waals surface area contributed by atoms with Crippen molar-refractivity contribution in [2.45, 2.75) is 35.1 Å². The van der Waals surface area contributed by atoms with Crippen LogP contribution in [0, 0.1) is 12.7 Å². The SMILES string of the molecule is Cc1cccc(Sc2ccc(-c3ccc(CCC(N)(CO)CO)cc3)c(F)c2)c1. The van der Waals surface area contributed by atoms with E-state index in [9.17, 15) is 14.6 Å². The Labute approximate surface area is 175 Å². The van der Waals surface area contributed by atoms with Crippen molar-refractivity contribution in [3.05, 3.63) is 83.7 Å². The average molecular weight is 412 g/mol. The van der Waals surface area contributed by atoms with E-state index in [1.807, 2.05) is 61.5 Å². The zero-order chi connectivity index (χ0) is 20.9. The lowest BCUT2D eigenvalue weighted by Gasteiger charge is -2.24. The highest BCUT2D eigenvalue weighted by Crippen LogP contribution is 2.32. The van der Waals surface area contributed by atoms with Crippen LogP contribution in [0.1, 0.15) is 17.5 Å². The van der Waals surface area contributed by atoms with Crippen molar-refractivity contribution in [1.29, 1.82) is 0 Å². The van der Waals surface area contributed by atoms with E-state index in [1.54, 1.807) is 17.8 Å². The quantitative estimate of drug-likeness (QED) is 0.508. The third-order valence-corrected chi connectivity index (χ3v) is 5.95. The van der Waals surface area contributed by atoms with Gasteiger partial charge in [-0.05, 0) is 55.2 Å². The molecule has 0 unspecified atom stereocenters. The molecule has 0 aromatic heterocycles. The number of aliphatic hydroxyl groups is 2. The standard InChI is InChI=1S/C24H26FNO2S/c1-17-3-2-4-20(13-17)29-21-9-10-22(23(25)14-21)19-7-5-18(6-8-19)11-12-24(26,15-27)16-28/h2-10,13-14,27-28H,11-12,15-16,26H2,1H3. The molecule has 3 aromatic carbocycles. The Morgan fingerprint density at radius 2 is 1.62 bits per heavy atom. The van der Waals surface area contributed by atoms with Crippen molar-refractivity contribution in [1.82, 2.24) is 0 Å². The second kappa shape index (κ2) is 9.55. The summed E-state index contributed by atoms with van der Waals surface area (Å²) in [5, 5.41) is 18.6. The maximum Gasteiger partial charge on any atom is 0.132 e. The smallest absolute Gasteiger partial charge is 0.132 e. The van der Waals surface area contributed by atoms with E-state index in [4.69, 9.17) is 5.73 Å². The van der Waals surface area contributed by atoms with Gasteiger partial charge in [0.1, 0.15) is 5.82 Å². The molecule has 0 radical (unpaired) electrons. The van der Waals surface area contributed by atoms with Crippen molar-refractivity contribution in [3.8, 4) is 11.1 Å². The van der Waals surface area contributed by atoms with Gasteiger partial charge in [0.2, 0.25) is 0 Å². The van der Waals surface area contributed by atoms with E-state index in [-0.39, 0.29) is 19.0 Å². The van der Waals surface area contributed by atoms with Gasteiger partial charge in [0, 0.05) is 15.4 Å². The first kappa shape index (κ1) is 21.5. The number of nitrogens with two attached hydrogens (primary N) is 1. The Morgan fingerprint density at radius 3 is 2.24 bits per heavy atom. The molecule has 0 saturated carbocycles. The van der Waals surface area contributed by atoms with Gasteiger partial charge < -0.3 is 15.9 Å². The average Bonchev–Trinajstić information content (AvgIpc) is 2.73. The first-order valence-corrected chi connectivity index (χ1v) is 10.4. The first-order valence-electron chi connectivity index (χ1n) is 9.56. The fourth-order valence-electron chi connectivity index (χ4n) is 3.06. The van der Waals surface area contributed by atoms with Crippen LogP contribution < -0.4 is 5.73 Å². The Hall–Kier alpha value is -2.18. The summed E-state index contributed by atoms with van der Waals surface area (Å²) in [5.74, 6) is -0.253. The Bertz CT molecular complexity index is 955.